The van der Waals surface area contributed by atoms with Crippen molar-refractivity contribution in [3.8, 4) is 5.69 Å². The molecular formula is C31H29FN6O2S. The lowest BCUT2D eigenvalue weighted by molar-refractivity contribution is 0.0775. The van der Waals surface area contributed by atoms with Crippen LogP contribution in [0.5, 0.6) is 0 Å². The van der Waals surface area contributed by atoms with E-state index >= 15 is 0 Å². The van der Waals surface area contributed by atoms with Gasteiger partial charge < -0.3 is 9.64 Å². The third-order valence-electron chi connectivity index (χ3n) is 8.07. The van der Waals surface area contributed by atoms with Crippen molar-refractivity contribution < 1.29 is 13.9 Å². The first-order chi connectivity index (χ1) is 20.1. The standard InChI is InChI=1S/C31H29FN6O2S/c32-24-4-6-25(7-5-24)38-28-17-23-10-12-37(41-26-8-9-29(34-20-26)36-13-15-40-16-14-36)21-31(23,18-22(28)19-35-38)30(39)27-3-1-2-11-33-27/h1-9,11,17,19-20H,10,12-16,18,21H2. The molecule has 2 fully saturated rings. The highest BCUT2D eigenvalue weighted by Gasteiger charge is 2.49. The van der Waals surface area contributed by atoms with Crippen LogP contribution >= 0.6 is 11.9 Å². The van der Waals surface area contributed by atoms with Crippen molar-refractivity contribution in [2.45, 2.75) is 17.7 Å². The van der Waals surface area contributed by atoms with E-state index in [2.05, 4.69) is 37.5 Å². The second-order valence-electron chi connectivity index (χ2n) is 10.6. The lowest BCUT2D eigenvalue weighted by Crippen LogP contribution is -2.49. The number of nitrogens with zero attached hydrogens (tertiary/aromatic N) is 6. The Balaban J connectivity index is 1.19. The van der Waals surface area contributed by atoms with Gasteiger partial charge in [-0.3, -0.25) is 9.78 Å². The van der Waals surface area contributed by atoms with Crippen molar-refractivity contribution >= 4 is 29.6 Å². The van der Waals surface area contributed by atoms with Crippen LogP contribution in [0.15, 0.2) is 83.7 Å². The number of piperidine rings is 1. The summed E-state index contributed by atoms with van der Waals surface area (Å²) >= 11 is 1.64. The molecule has 10 heteroatoms. The lowest BCUT2D eigenvalue weighted by Gasteiger charge is -2.44. The highest BCUT2D eigenvalue weighted by Crippen LogP contribution is 2.48. The predicted octanol–water partition coefficient (Wildman–Crippen LogP) is 4.86. The highest BCUT2D eigenvalue weighted by atomic mass is 32.2. The molecule has 1 atom stereocenters. The fourth-order valence-corrected chi connectivity index (χ4v) is 6.97. The Morgan fingerprint density at radius 1 is 0.976 bits per heavy atom. The first-order valence-corrected chi connectivity index (χ1v) is 14.6. The number of fused-ring (bicyclic) bond motifs is 2. The van der Waals surface area contributed by atoms with Gasteiger partial charge in [-0.05, 0) is 85.0 Å². The van der Waals surface area contributed by atoms with Crippen LogP contribution in [-0.4, -0.2) is 69.2 Å². The van der Waals surface area contributed by atoms with E-state index in [-0.39, 0.29) is 11.6 Å². The van der Waals surface area contributed by atoms with Crippen molar-refractivity contribution in [3.05, 3.63) is 102 Å². The minimum atomic E-state index is -0.759. The molecule has 5 heterocycles. The van der Waals surface area contributed by atoms with Gasteiger partial charge in [0, 0.05) is 43.5 Å². The molecule has 3 aromatic heterocycles. The van der Waals surface area contributed by atoms with Crippen LogP contribution in [-0.2, 0) is 11.2 Å². The lowest BCUT2D eigenvalue weighted by atomic mass is 9.65. The largest absolute Gasteiger partial charge is 0.378 e. The number of hydrogen-bond acceptors (Lipinski definition) is 8. The van der Waals surface area contributed by atoms with Crippen LogP contribution in [0.3, 0.4) is 0 Å². The molecule has 0 saturated carbocycles. The summed E-state index contributed by atoms with van der Waals surface area (Å²) in [6.07, 6.45) is 8.80. The molecule has 0 N–H and O–H groups in total. The monoisotopic (exact) mass is 568 g/mol. The molecule has 2 saturated heterocycles. The molecule has 1 unspecified atom stereocenters. The Kier molecular flexibility index (Phi) is 6.90. The molecule has 41 heavy (non-hydrogen) atoms. The number of carbonyl (C=O) groups excluding carboxylic acids is 1. The second kappa shape index (κ2) is 10.8. The molecule has 0 spiro atoms. The molecule has 0 amide bonds. The van der Waals surface area contributed by atoms with Crippen LogP contribution < -0.4 is 4.90 Å². The van der Waals surface area contributed by atoms with E-state index in [1.807, 2.05) is 29.2 Å². The number of anilines is 1. The van der Waals surface area contributed by atoms with E-state index in [4.69, 9.17) is 9.72 Å². The third kappa shape index (κ3) is 4.96. The maximum absolute atomic E-state index is 14.3. The van der Waals surface area contributed by atoms with E-state index in [1.54, 1.807) is 36.3 Å². The molecule has 3 aliphatic rings. The van der Waals surface area contributed by atoms with Crippen LogP contribution in [0.2, 0.25) is 0 Å². The number of morpholine rings is 1. The third-order valence-corrected chi connectivity index (χ3v) is 9.10. The van der Waals surface area contributed by atoms with Gasteiger partial charge in [0.25, 0.3) is 0 Å². The van der Waals surface area contributed by atoms with Crippen molar-refractivity contribution in [1.29, 1.82) is 0 Å². The summed E-state index contributed by atoms with van der Waals surface area (Å²) in [4.78, 5) is 26.7. The first kappa shape index (κ1) is 26.1. The van der Waals surface area contributed by atoms with Gasteiger partial charge in [0.2, 0.25) is 0 Å². The van der Waals surface area contributed by atoms with E-state index in [1.165, 1.54) is 12.1 Å². The van der Waals surface area contributed by atoms with Crippen LogP contribution in [0.25, 0.3) is 11.8 Å². The predicted molar refractivity (Wildman–Crippen MR) is 156 cm³/mol. The number of rotatable bonds is 6. The molecule has 1 aromatic carbocycles. The minimum Gasteiger partial charge on any atom is -0.378 e. The van der Waals surface area contributed by atoms with Gasteiger partial charge in [-0.25, -0.2) is 18.4 Å². The van der Waals surface area contributed by atoms with Crippen LogP contribution in [0.4, 0.5) is 10.2 Å². The highest BCUT2D eigenvalue weighted by molar-refractivity contribution is 7.97. The number of benzene rings is 1. The topological polar surface area (TPSA) is 76.4 Å². The Morgan fingerprint density at radius 2 is 1.83 bits per heavy atom. The van der Waals surface area contributed by atoms with Crippen LogP contribution in [0.1, 0.15) is 28.2 Å². The van der Waals surface area contributed by atoms with Gasteiger partial charge in [0.1, 0.15) is 17.3 Å². The van der Waals surface area contributed by atoms with E-state index in [9.17, 15) is 9.18 Å². The molecule has 2 aliphatic heterocycles. The average molecular weight is 569 g/mol. The molecule has 1 aliphatic carbocycles. The van der Waals surface area contributed by atoms with Gasteiger partial charge in [-0.2, -0.15) is 5.10 Å². The van der Waals surface area contributed by atoms with Crippen LogP contribution in [0, 0.1) is 11.2 Å². The summed E-state index contributed by atoms with van der Waals surface area (Å²) in [6.45, 7) is 4.47. The molecule has 208 valence electrons. The zero-order valence-corrected chi connectivity index (χ0v) is 23.3. The number of ether oxygens (including phenoxy) is 1. The zero-order chi connectivity index (χ0) is 27.8. The molecule has 0 radical (unpaired) electrons. The first-order valence-electron chi connectivity index (χ1n) is 13.8. The Labute approximate surface area is 242 Å². The summed E-state index contributed by atoms with van der Waals surface area (Å²) in [5.41, 5.74) is 3.52. The Bertz CT molecular complexity index is 1590. The molecule has 0 bridgehead atoms. The number of carbonyl (C=O) groups is 1. The van der Waals surface area contributed by atoms with Gasteiger partial charge >= 0.3 is 0 Å². The van der Waals surface area contributed by atoms with Gasteiger partial charge in [0.15, 0.2) is 5.78 Å². The second-order valence-corrected chi connectivity index (χ2v) is 11.7. The van der Waals surface area contributed by atoms with E-state index in [0.29, 0.717) is 18.7 Å². The van der Waals surface area contributed by atoms with Crippen molar-refractivity contribution in [2.24, 2.45) is 5.41 Å². The Morgan fingerprint density at radius 3 is 2.59 bits per heavy atom. The maximum Gasteiger partial charge on any atom is 0.192 e. The number of halogens is 1. The summed E-state index contributed by atoms with van der Waals surface area (Å²) in [5, 5.41) is 4.64. The number of aromatic nitrogens is 4. The van der Waals surface area contributed by atoms with E-state index in [0.717, 1.165) is 72.5 Å². The van der Waals surface area contributed by atoms with Gasteiger partial charge in [0.05, 0.1) is 36.2 Å². The SMILES string of the molecule is O=C(c1ccccn1)C12Cc3cnn(-c4ccc(F)cc4)c3C=C1CCN(Sc1ccc(N3CCOCC3)nc1)C2. The summed E-state index contributed by atoms with van der Waals surface area (Å²) in [6, 6.07) is 16.0. The fraction of sp³-hybridized carbons (Fsp3) is 0.290. The maximum atomic E-state index is 14.3. The minimum absolute atomic E-state index is 0.0237. The fourth-order valence-electron chi connectivity index (χ4n) is 5.98. The quantitative estimate of drug-likeness (QED) is 0.241. The van der Waals surface area contributed by atoms with E-state index < -0.39 is 5.41 Å². The molecule has 8 nitrogen and oxygen atoms in total. The summed E-state index contributed by atoms with van der Waals surface area (Å²) in [7, 11) is 0. The number of pyridine rings is 2. The van der Waals surface area contributed by atoms with Gasteiger partial charge in [-0.15, -0.1) is 0 Å². The van der Waals surface area contributed by atoms with Crippen molar-refractivity contribution in [3.63, 3.8) is 0 Å². The summed E-state index contributed by atoms with van der Waals surface area (Å²) < 4.78 is 23.2. The van der Waals surface area contributed by atoms with Crippen molar-refractivity contribution in [2.75, 3.05) is 44.3 Å². The molecular weight excluding hydrogens is 539 g/mol. The average Bonchev–Trinajstić information content (AvgIpc) is 3.43. The Hall–Kier alpha value is -3.86. The number of hydrogen-bond donors (Lipinski definition) is 0. The summed E-state index contributed by atoms with van der Waals surface area (Å²) in [5.74, 6) is 0.695. The number of ketones is 1. The smallest absolute Gasteiger partial charge is 0.192 e. The van der Waals surface area contributed by atoms with Gasteiger partial charge in [-0.1, -0.05) is 11.6 Å². The number of Topliss-reactive ketones (excluding diaryl/α,β-unsaturated/α-hetero) is 1. The molecule has 7 rings (SSSR count). The zero-order valence-electron chi connectivity index (χ0n) is 22.4. The van der Waals surface area contributed by atoms with Crippen molar-refractivity contribution in [1.82, 2.24) is 24.1 Å². The molecule has 4 aromatic rings. The normalized spacial score (nSPS) is 20.7.